The van der Waals surface area contributed by atoms with Gasteiger partial charge in [0.2, 0.25) is 0 Å². The van der Waals surface area contributed by atoms with Crippen LogP contribution in [0.25, 0.3) is 0 Å². The molecule has 1 heterocycles. The third-order valence-corrected chi connectivity index (χ3v) is 4.00. The van der Waals surface area contributed by atoms with Crippen LogP contribution in [0.1, 0.15) is 43.0 Å². The molecule has 2 saturated carbocycles. The lowest BCUT2D eigenvalue weighted by atomic mass is 10.1. The van der Waals surface area contributed by atoms with Gasteiger partial charge in [-0.25, -0.2) is 9.78 Å². The normalized spacial score (nSPS) is 18.1. The van der Waals surface area contributed by atoms with E-state index in [9.17, 15) is 4.79 Å². The first-order valence-electron chi connectivity index (χ1n) is 7.38. The van der Waals surface area contributed by atoms with Gasteiger partial charge < -0.3 is 15.8 Å². The Balaban J connectivity index is 1.75. The van der Waals surface area contributed by atoms with E-state index in [2.05, 4.69) is 10.3 Å². The maximum absolute atomic E-state index is 11.8. The smallest absolute Gasteiger partial charge is 0.340 e. The summed E-state index contributed by atoms with van der Waals surface area (Å²) in [5.41, 5.74) is 6.57. The topological polar surface area (TPSA) is 77.2 Å². The van der Waals surface area contributed by atoms with Crippen LogP contribution >= 0.6 is 0 Å². The molecule has 0 aliphatic heterocycles. The largest absolute Gasteiger partial charge is 0.462 e. The first-order chi connectivity index (χ1) is 9.69. The van der Waals surface area contributed by atoms with Crippen LogP contribution in [0.15, 0.2) is 12.3 Å². The summed E-state index contributed by atoms with van der Waals surface area (Å²) < 4.78 is 5.01. The van der Waals surface area contributed by atoms with Crippen molar-refractivity contribution < 1.29 is 9.53 Å². The molecule has 0 aromatic carbocycles. The van der Waals surface area contributed by atoms with E-state index >= 15 is 0 Å². The molecule has 1 aromatic rings. The Morgan fingerprint density at radius 2 is 2.10 bits per heavy atom. The molecule has 2 fully saturated rings. The number of nitrogens with one attached hydrogen (secondary N) is 1. The highest BCUT2D eigenvalue weighted by atomic mass is 16.5. The van der Waals surface area contributed by atoms with Gasteiger partial charge >= 0.3 is 5.97 Å². The molecule has 0 bridgehead atoms. The SMILES string of the molecule is CCOC(=O)c1cc(NC(C2CC2)C2CC2)ncc1N. The molecule has 3 N–H and O–H groups in total. The number of nitrogen functional groups attached to an aromatic ring is 1. The monoisotopic (exact) mass is 275 g/mol. The van der Waals surface area contributed by atoms with Gasteiger partial charge in [0, 0.05) is 6.04 Å². The minimum atomic E-state index is -0.384. The molecule has 0 atom stereocenters. The van der Waals surface area contributed by atoms with Crippen molar-refractivity contribution in [1.82, 2.24) is 4.98 Å². The van der Waals surface area contributed by atoms with Crippen molar-refractivity contribution >= 4 is 17.5 Å². The predicted molar refractivity (Wildman–Crippen MR) is 77.5 cm³/mol. The molecule has 3 rings (SSSR count). The summed E-state index contributed by atoms with van der Waals surface area (Å²) in [7, 11) is 0. The Labute approximate surface area is 118 Å². The van der Waals surface area contributed by atoms with Crippen molar-refractivity contribution in [2.45, 2.75) is 38.6 Å². The van der Waals surface area contributed by atoms with Crippen molar-refractivity contribution in [2.75, 3.05) is 17.7 Å². The molecule has 0 saturated heterocycles. The summed E-state index contributed by atoms with van der Waals surface area (Å²) in [5, 5.41) is 3.49. The average molecular weight is 275 g/mol. The fraction of sp³-hybridized carbons (Fsp3) is 0.600. The van der Waals surface area contributed by atoms with Crippen molar-refractivity contribution in [2.24, 2.45) is 11.8 Å². The molecule has 0 radical (unpaired) electrons. The van der Waals surface area contributed by atoms with Crippen molar-refractivity contribution in [1.29, 1.82) is 0 Å². The lowest BCUT2D eigenvalue weighted by Crippen LogP contribution is -2.25. The van der Waals surface area contributed by atoms with E-state index in [-0.39, 0.29) is 5.97 Å². The van der Waals surface area contributed by atoms with E-state index in [0.717, 1.165) is 17.7 Å². The second-order valence-corrected chi connectivity index (χ2v) is 5.72. The van der Waals surface area contributed by atoms with E-state index in [4.69, 9.17) is 10.5 Å². The molecule has 0 amide bonds. The third-order valence-electron chi connectivity index (χ3n) is 4.00. The quantitative estimate of drug-likeness (QED) is 0.780. The first kappa shape index (κ1) is 13.2. The van der Waals surface area contributed by atoms with Gasteiger partial charge in [-0.3, -0.25) is 0 Å². The van der Waals surface area contributed by atoms with Crippen LogP contribution in [0.2, 0.25) is 0 Å². The summed E-state index contributed by atoms with van der Waals surface area (Å²) in [6, 6.07) is 2.21. The Bertz CT molecular complexity index is 498. The molecule has 108 valence electrons. The molecule has 0 unspecified atom stereocenters. The molecule has 0 spiro atoms. The van der Waals surface area contributed by atoms with Crippen LogP contribution in [0, 0.1) is 11.8 Å². The number of carbonyl (C=O) groups is 1. The van der Waals surface area contributed by atoms with E-state index in [0.29, 0.717) is 23.9 Å². The molecular weight excluding hydrogens is 254 g/mol. The number of hydrogen-bond donors (Lipinski definition) is 2. The highest BCUT2D eigenvalue weighted by Gasteiger charge is 2.41. The van der Waals surface area contributed by atoms with Crippen LogP contribution < -0.4 is 11.1 Å². The molecule has 1 aromatic heterocycles. The summed E-state index contributed by atoms with van der Waals surface area (Å²) in [6.07, 6.45) is 6.73. The molecule has 2 aliphatic rings. The van der Waals surface area contributed by atoms with Gasteiger partial charge in [0.1, 0.15) is 5.82 Å². The predicted octanol–water partition coefficient (Wildman–Crippen LogP) is 2.44. The molecule has 5 heteroatoms. The molecule has 2 aliphatic carbocycles. The number of ether oxygens (including phenoxy) is 1. The summed E-state index contributed by atoms with van der Waals surface area (Å²) in [5.74, 6) is 1.89. The number of esters is 1. The number of aromatic nitrogens is 1. The molecule has 5 nitrogen and oxygen atoms in total. The molecular formula is C15H21N3O2. The van der Waals surface area contributed by atoms with Gasteiger partial charge in [0.05, 0.1) is 24.1 Å². The van der Waals surface area contributed by atoms with Crippen LogP contribution in [-0.4, -0.2) is 23.6 Å². The standard InChI is InChI=1S/C15H21N3O2/c1-2-20-15(19)11-7-13(17-8-12(11)16)18-14(9-3-4-9)10-5-6-10/h7-10,14H,2-6,16H2,1H3,(H,17,18). The number of nitrogens with zero attached hydrogens (tertiary/aromatic N) is 1. The zero-order valence-corrected chi connectivity index (χ0v) is 11.8. The van der Waals surface area contributed by atoms with Gasteiger partial charge in [0.15, 0.2) is 0 Å². The van der Waals surface area contributed by atoms with E-state index in [1.54, 1.807) is 13.0 Å². The summed E-state index contributed by atoms with van der Waals surface area (Å²) in [4.78, 5) is 16.1. The van der Waals surface area contributed by atoms with Gasteiger partial charge in [-0.2, -0.15) is 0 Å². The Morgan fingerprint density at radius 1 is 1.45 bits per heavy atom. The van der Waals surface area contributed by atoms with Crippen molar-refractivity contribution in [3.05, 3.63) is 17.8 Å². The Morgan fingerprint density at radius 3 is 2.65 bits per heavy atom. The Kier molecular flexibility index (Phi) is 3.51. The van der Waals surface area contributed by atoms with Gasteiger partial charge in [0.25, 0.3) is 0 Å². The van der Waals surface area contributed by atoms with Gasteiger partial charge in [-0.1, -0.05) is 0 Å². The highest BCUT2D eigenvalue weighted by molar-refractivity contribution is 5.95. The third kappa shape index (κ3) is 2.86. The highest BCUT2D eigenvalue weighted by Crippen LogP contribution is 2.45. The minimum absolute atomic E-state index is 0.343. The van der Waals surface area contributed by atoms with Crippen molar-refractivity contribution in [3.63, 3.8) is 0 Å². The number of nitrogens with two attached hydrogens (primary N) is 1. The minimum Gasteiger partial charge on any atom is -0.462 e. The van der Waals surface area contributed by atoms with Gasteiger partial charge in [-0.15, -0.1) is 0 Å². The number of rotatable bonds is 6. The lowest BCUT2D eigenvalue weighted by molar-refractivity contribution is 0.0527. The maximum atomic E-state index is 11.8. The number of pyridine rings is 1. The summed E-state index contributed by atoms with van der Waals surface area (Å²) >= 11 is 0. The fourth-order valence-electron chi connectivity index (χ4n) is 2.63. The van der Waals surface area contributed by atoms with E-state index in [1.165, 1.54) is 31.9 Å². The second kappa shape index (κ2) is 5.31. The maximum Gasteiger partial charge on any atom is 0.340 e. The Hall–Kier alpha value is -1.78. The van der Waals surface area contributed by atoms with Crippen LogP contribution in [-0.2, 0) is 4.74 Å². The number of anilines is 2. The van der Waals surface area contributed by atoms with E-state index in [1.807, 2.05) is 0 Å². The molecule has 20 heavy (non-hydrogen) atoms. The van der Waals surface area contributed by atoms with Crippen molar-refractivity contribution in [3.8, 4) is 0 Å². The zero-order chi connectivity index (χ0) is 14.1. The number of hydrogen-bond acceptors (Lipinski definition) is 5. The van der Waals surface area contributed by atoms with Crippen LogP contribution in [0.3, 0.4) is 0 Å². The lowest BCUT2D eigenvalue weighted by Gasteiger charge is -2.19. The number of carbonyl (C=O) groups excluding carboxylic acids is 1. The second-order valence-electron chi connectivity index (χ2n) is 5.72. The van der Waals surface area contributed by atoms with Crippen LogP contribution in [0.5, 0.6) is 0 Å². The first-order valence-corrected chi connectivity index (χ1v) is 7.38. The summed E-state index contributed by atoms with van der Waals surface area (Å²) in [6.45, 7) is 2.13. The van der Waals surface area contributed by atoms with E-state index < -0.39 is 0 Å². The average Bonchev–Trinajstić information content (AvgIpc) is 3.29. The van der Waals surface area contributed by atoms with Gasteiger partial charge in [-0.05, 0) is 50.5 Å². The fourth-order valence-corrected chi connectivity index (χ4v) is 2.63. The van der Waals surface area contributed by atoms with Crippen LogP contribution in [0.4, 0.5) is 11.5 Å². The zero-order valence-electron chi connectivity index (χ0n) is 11.8.